The van der Waals surface area contributed by atoms with Crippen LogP contribution in [0.1, 0.15) is 11.1 Å². The molecule has 24 heavy (non-hydrogen) atoms. The van der Waals surface area contributed by atoms with E-state index in [0.29, 0.717) is 27.4 Å². The first-order valence-electron chi connectivity index (χ1n) is 6.61. The molecule has 126 valence electrons. The Morgan fingerprint density at radius 2 is 2.04 bits per heavy atom. The number of hydrazone groups is 1. The average Bonchev–Trinajstić information content (AvgIpc) is 2.48. The fourth-order valence-corrected chi connectivity index (χ4v) is 1.98. The second kappa shape index (κ2) is 7.31. The van der Waals surface area contributed by atoms with E-state index < -0.39 is 29.8 Å². The molecule has 1 heterocycles. The SMILES string of the molecule is O=C(Cn1cc(C(F)(F)F)ccc1=O)NN=Cc1cccc(Cl)c1. The van der Waals surface area contributed by atoms with Crippen LogP contribution in [0, 0.1) is 0 Å². The van der Waals surface area contributed by atoms with E-state index >= 15 is 0 Å². The highest BCUT2D eigenvalue weighted by Crippen LogP contribution is 2.27. The number of nitrogens with zero attached hydrogens (tertiary/aromatic N) is 2. The summed E-state index contributed by atoms with van der Waals surface area (Å²) in [5, 5.41) is 4.15. The zero-order valence-electron chi connectivity index (χ0n) is 12.0. The molecule has 0 fully saturated rings. The molecule has 5 nitrogen and oxygen atoms in total. The third-order valence-electron chi connectivity index (χ3n) is 2.88. The highest BCUT2D eigenvalue weighted by molar-refractivity contribution is 6.30. The first-order valence-corrected chi connectivity index (χ1v) is 6.98. The Labute approximate surface area is 139 Å². The van der Waals surface area contributed by atoms with Gasteiger partial charge in [-0.3, -0.25) is 9.59 Å². The number of rotatable bonds is 4. The summed E-state index contributed by atoms with van der Waals surface area (Å²) >= 11 is 5.78. The monoisotopic (exact) mass is 357 g/mol. The van der Waals surface area contributed by atoms with Crippen molar-refractivity contribution < 1.29 is 18.0 Å². The van der Waals surface area contributed by atoms with Crippen LogP contribution in [0.2, 0.25) is 5.02 Å². The third kappa shape index (κ3) is 4.95. The number of halogens is 4. The Morgan fingerprint density at radius 1 is 1.29 bits per heavy atom. The van der Waals surface area contributed by atoms with Crippen molar-refractivity contribution in [3.05, 3.63) is 69.1 Å². The normalized spacial score (nSPS) is 11.7. The lowest BCUT2D eigenvalue weighted by molar-refractivity contribution is -0.138. The van der Waals surface area contributed by atoms with Gasteiger partial charge in [0.05, 0.1) is 11.8 Å². The molecule has 2 aromatic rings. The van der Waals surface area contributed by atoms with Gasteiger partial charge in [-0.25, -0.2) is 5.43 Å². The van der Waals surface area contributed by atoms with Crippen LogP contribution in [-0.2, 0) is 17.5 Å². The van der Waals surface area contributed by atoms with E-state index in [4.69, 9.17) is 11.6 Å². The summed E-state index contributed by atoms with van der Waals surface area (Å²) in [6.07, 6.45) is -2.70. The molecule has 1 amide bonds. The van der Waals surface area contributed by atoms with Crippen LogP contribution in [0.15, 0.2) is 52.5 Å². The van der Waals surface area contributed by atoms with Crippen molar-refractivity contribution >= 4 is 23.7 Å². The van der Waals surface area contributed by atoms with Gasteiger partial charge in [0.25, 0.3) is 11.5 Å². The average molecular weight is 358 g/mol. The lowest BCUT2D eigenvalue weighted by Gasteiger charge is -2.09. The van der Waals surface area contributed by atoms with Crippen molar-refractivity contribution in [3.63, 3.8) is 0 Å². The number of amides is 1. The molecule has 0 aliphatic carbocycles. The molecule has 0 radical (unpaired) electrons. The van der Waals surface area contributed by atoms with E-state index in [1.54, 1.807) is 24.3 Å². The van der Waals surface area contributed by atoms with Crippen LogP contribution >= 0.6 is 11.6 Å². The van der Waals surface area contributed by atoms with Crippen molar-refractivity contribution in [3.8, 4) is 0 Å². The van der Waals surface area contributed by atoms with Gasteiger partial charge >= 0.3 is 6.18 Å². The Morgan fingerprint density at radius 3 is 2.71 bits per heavy atom. The van der Waals surface area contributed by atoms with Crippen molar-refractivity contribution in [2.75, 3.05) is 0 Å². The molecule has 0 bridgehead atoms. The molecule has 0 aliphatic heterocycles. The summed E-state index contributed by atoms with van der Waals surface area (Å²) < 4.78 is 38.5. The number of benzene rings is 1. The number of carbonyl (C=O) groups is 1. The molecule has 0 aliphatic rings. The fraction of sp³-hybridized carbons (Fsp3) is 0.133. The van der Waals surface area contributed by atoms with Gasteiger partial charge in [-0.1, -0.05) is 23.7 Å². The standard InChI is InChI=1S/C15H11ClF3N3O2/c16-12-3-1-2-10(6-12)7-20-21-13(23)9-22-8-11(15(17,18)19)4-5-14(22)24/h1-8H,9H2,(H,21,23). The number of nitrogens with one attached hydrogen (secondary N) is 1. The van der Waals surface area contributed by atoms with E-state index in [-0.39, 0.29) is 0 Å². The molecule has 0 saturated heterocycles. The second-order valence-electron chi connectivity index (χ2n) is 4.73. The van der Waals surface area contributed by atoms with Crippen LogP contribution in [0.5, 0.6) is 0 Å². The summed E-state index contributed by atoms with van der Waals surface area (Å²) in [4.78, 5) is 23.2. The maximum Gasteiger partial charge on any atom is 0.417 e. The molecule has 0 atom stereocenters. The summed E-state index contributed by atoms with van der Waals surface area (Å²) in [6.45, 7) is -0.588. The molecular weight excluding hydrogens is 347 g/mol. The van der Waals surface area contributed by atoms with Gasteiger partial charge in [0.2, 0.25) is 0 Å². The maximum absolute atomic E-state index is 12.6. The van der Waals surface area contributed by atoms with Crippen LogP contribution in [0.3, 0.4) is 0 Å². The minimum Gasteiger partial charge on any atom is -0.305 e. The molecule has 2 rings (SSSR count). The molecule has 0 saturated carbocycles. The van der Waals surface area contributed by atoms with E-state index in [1.807, 2.05) is 0 Å². The van der Waals surface area contributed by atoms with Crippen LogP contribution in [0.25, 0.3) is 0 Å². The zero-order chi connectivity index (χ0) is 17.7. The number of alkyl halides is 3. The minimum atomic E-state index is -4.60. The largest absolute Gasteiger partial charge is 0.417 e. The Bertz CT molecular complexity index is 831. The fourth-order valence-electron chi connectivity index (χ4n) is 1.78. The van der Waals surface area contributed by atoms with Gasteiger partial charge in [-0.05, 0) is 23.8 Å². The van der Waals surface area contributed by atoms with Gasteiger partial charge in [-0.15, -0.1) is 0 Å². The molecule has 0 unspecified atom stereocenters. The van der Waals surface area contributed by atoms with Crippen molar-refractivity contribution in [2.24, 2.45) is 5.10 Å². The van der Waals surface area contributed by atoms with Gasteiger partial charge in [0.1, 0.15) is 6.54 Å². The summed E-state index contributed by atoms with van der Waals surface area (Å²) in [7, 11) is 0. The molecule has 1 aromatic carbocycles. The van der Waals surface area contributed by atoms with Crippen molar-refractivity contribution in [1.29, 1.82) is 0 Å². The predicted molar refractivity (Wildman–Crippen MR) is 82.9 cm³/mol. The highest BCUT2D eigenvalue weighted by atomic mass is 35.5. The lowest BCUT2D eigenvalue weighted by Crippen LogP contribution is -2.30. The van der Waals surface area contributed by atoms with E-state index in [2.05, 4.69) is 10.5 Å². The molecule has 0 spiro atoms. The number of hydrogen-bond acceptors (Lipinski definition) is 3. The van der Waals surface area contributed by atoms with Crippen LogP contribution in [-0.4, -0.2) is 16.7 Å². The Hall–Kier alpha value is -2.61. The molecular formula is C15H11ClF3N3O2. The van der Waals surface area contributed by atoms with Crippen molar-refractivity contribution in [2.45, 2.75) is 12.7 Å². The van der Waals surface area contributed by atoms with Gasteiger partial charge in [0, 0.05) is 17.3 Å². The number of aromatic nitrogens is 1. The zero-order valence-corrected chi connectivity index (χ0v) is 12.8. The Balaban J connectivity index is 2.03. The smallest absolute Gasteiger partial charge is 0.305 e. The first-order chi connectivity index (χ1) is 11.3. The Kier molecular flexibility index (Phi) is 5.40. The third-order valence-corrected chi connectivity index (χ3v) is 3.11. The molecule has 9 heteroatoms. The highest BCUT2D eigenvalue weighted by Gasteiger charge is 2.31. The molecule has 1 aromatic heterocycles. The summed E-state index contributed by atoms with van der Waals surface area (Å²) in [5.74, 6) is -0.741. The number of hydrogen-bond donors (Lipinski definition) is 1. The van der Waals surface area contributed by atoms with Crippen molar-refractivity contribution in [1.82, 2.24) is 9.99 Å². The summed E-state index contributed by atoms with van der Waals surface area (Å²) in [5.41, 5.74) is 1.01. The summed E-state index contributed by atoms with van der Waals surface area (Å²) in [6, 6.07) is 8.07. The molecule has 1 N–H and O–H groups in total. The number of pyridine rings is 1. The van der Waals surface area contributed by atoms with Crippen LogP contribution < -0.4 is 11.0 Å². The van der Waals surface area contributed by atoms with Gasteiger partial charge in [-0.2, -0.15) is 18.3 Å². The first kappa shape index (κ1) is 17.7. The van der Waals surface area contributed by atoms with Gasteiger partial charge in [0.15, 0.2) is 0 Å². The maximum atomic E-state index is 12.6. The van der Waals surface area contributed by atoms with Gasteiger partial charge < -0.3 is 4.57 Å². The van der Waals surface area contributed by atoms with E-state index in [9.17, 15) is 22.8 Å². The van der Waals surface area contributed by atoms with Crippen LogP contribution in [0.4, 0.5) is 13.2 Å². The minimum absolute atomic E-state index is 0.487. The van der Waals surface area contributed by atoms with E-state index in [1.165, 1.54) is 6.21 Å². The number of carbonyl (C=O) groups excluding carboxylic acids is 1. The van der Waals surface area contributed by atoms with E-state index in [0.717, 1.165) is 6.07 Å². The lowest BCUT2D eigenvalue weighted by atomic mass is 10.2. The second-order valence-corrected chi connectivity index (χ2v) is 5.17. The topological polar surface area (TPSA) is 63.5 Å². The predicted octanol–water partition coefficient (Wildman–Crippen LogP) is 2.67. The quantitative estimate of drug-likeness (QED) is 0.675.